The SMILES string of the molecule is CCOC(=O)CCCCC(F)(F)C(Cl)=Nc1ccc(OC)cc1. The molecule has 0 aliphatic rings. The molecule has 1 rings (SSSR count). The number of ether oxygens (including phenoxy) is 2. The van der Waals surface area contributed by atoms with Crippen LogP contribution in [0.15, 0.2) is 29.3 Å². The number of alkyl halides is 2. The molecule has 0 radical (unpaired) electrons. The van der Waals surface area contributed by atoms with Crippen molar-refractivity contribution in [1.29, 1.82) is 0 Å². The molecule has 0 N–H and O–H groups in total. The number of hydrogen-bond donors (Lipinski definition) is 0. The van der Waals surface area contributed by atoms with Crippen LogP contribution in [0.5, 0.6) is 5.75 Å². The van der Waals surface area contributed by atoms with E-state index in [1.54, 1.807) is 19.1 Å². The maximum atomic E-state index is 13.9. The fourth-order valence-corrected chi connectivity index (χ4v) is 2.00. The Balaban J connectivity index is 2.53. The lowest BCUT2D eigenvalue weighted by Gasteiger charge is -2.14. The smallest absolute Gasteiger partial charge is 0.305 e. The molecule has 0 amide bonds. The van der Waals surface area contributed by atoms with Crippen LogP contribution in [0.1, 0.15) is 32.6 Å². The van der Waals surface area contributed by atoms with E-state index in [0.717, 1.165) is 0 Å². The summed E-state index contributed by atoms with van der Waals surface area (Å²) in [6.45, 7) is 1.98. The molecule has 0 unspecified atom stereocenters. The number of esters is 1. The van der Waals surface area contributed by atoms with Crippen LogP contribution in [-0.2, 0) is 9.53 Å². The zero-order valence-corrected chi connectivity index (χ0v) is 13.9. The van der Waals surface area contributed by atoms with E-state index in [0.29, 0.717) is 17.9 Å². The second kappa shape index (κ2) is 9.45. The van der Waals surface area contributed by atoms with E-state index in [-0.39, 0.29) is 25.4 Å². The minimum atomic E-state index is -3.23. The topological polar surface area (TPSA) is 47.9 Å². The van der Waals surface area contributed by atoms with Gasteiger partial charge in [-0.3, -0.25) is 4.79 Å². The summed E-state index contributed by atoms with van der Waals surface area (Å²) in [7, 11) is 1.51. The van der Waals surface area contributed by atoms with Gasteiger partial charge in [0.2, 0.25) is 0 Å². The first kappa shape index (κ1) is 19.4. The normalized spacial score (nSPS) is 12.1. The number of methoxy groups -OCH3 is 1. The van der Waals surface area contributed by atoms with Gasteiger partial charge in [-0.05, 0) is 44.0 Å². The molecule has 0 aromatic heterocycles. The Labute approximate surface area is 139 Å². The molecule has 128 valence electrons. The average Bonchev–Trinajstić information content (AvgIpc) is 2.52. The van der Waals surface area contributed by atoms with E-state index in [1.165, 1.54) is 19.2 Å². The highest BCUT2D eigenvalue weighted by molar-refractivity contribution is 6.67. The monoisotopic (exact) mass is 347 g/mol. The van der Waals surface area contributed by atoms with Gasteiger partial charge in [-0.25, -0.2) is 4.99 Å². The van der Waals surface area contributed by atoms with Gasteiger partial charge in [0.15, 0.2) is 5.17 Å². The molecule has 1 aromatic carbocycles. The summed E-state index contributed by atoms with van der Waals surface area (Å²) in [4.78, 5) is 14.9. The van der Waals surface area contributed by atoms with E-state index < -0.39 is 17.5 Å². The van der Waals surface area contributed by atoms with Gasteiger partial charge in [-0.2, -0.15) is 8.78 Å². The minimum Gasteiger partial charge on any atom is -0.497 e. The number of hydrogen-bond acceptors (Lipinski definition) is 4. The lowest BCUT2D eigenvalue weighted by molar-refractivity contribution is -0.143. The van der Waals surface area contributed by atoms with E-state index in [1.807, 2.05) is 0 Å². The maximum absolute atomic E-state index is 13.9. The summed E-state index contributed by atoms with van der Waals surface area (Å²) in [5, 5.41) is -0.765. The van der Waals surface area contributed by atoms with Crippen molar-refractivity contribution in [3.63, 3.8) is 0 Å². The minimum absolute atomic E-state index is 0.122. The summed E-state index contributed by atoms with van der Waals surface area (Å²) >= 11 is 5.65. The Hall–Kier alpha value is -1.69. The summed E-state index contributed by atoms with van der Waals surface area (Å²) < 4.78 is 37.5. The van der Waals surface area contributed by atoms with Crippen LogP contribution in [0, 0.1) is 0 Å². The van der Waals surface area contributed by atoms with Gasteiger partial charge >= 0.3 is 5.97 Å². The molecule has 0 saturated carbocycles. The van der Waals surface area contributed by atoms with Crippen LogP contribution < -0.4 is 4.74 Å². The zero-order valence-electron chi connectivity index (χ0n) is 13.2. The van der Waals surface area contributed by atoms with E-state index >= 15 is 0 Å². The fraction of sp³-hybridized carbons (Fsp3) is 0.500. The van der Waals surface area contributed by atoms with E-state index in [2.05, 4.69) is 4.99 Å². The van der Waals surface area contributed by atoms with Crippen LogP contribution >= 0.6 is 11.6 Å². The van der Waals surface area contributed by atoms with Gasteiger partial charge in [-0.15, -0.1) is 0 Å². The van der Waals surface area contributed by atoms with Crippen molar-refractivity contribution in [2.45, 2.75) is 38.5 Å². The van der Waals surface area contributed by atoms with Crippen LogP contribution in [0.2, 0.25) is 0 Å². The third kappa shape index (κ3) is 6.95. The highest BCUT2D eigenvalue weighted by Crippen LogP contribution is 2.28. The Kier molecular flexibility index (Phi) is 7.95. The highest BCUT2D eigenvalue weighted by Gasteiger charge is 2.34. The molecule has 1 aromatic rings. The summed E-state index contributed by atoms with van der Waals surface area (Å²) in [5.41, 5.74) is 0.321. The van der Waals surface area contributed by atoms with Crippen molar-refractivity contribution in [3.05, 3.63) is 24.3 Å². The highest BCUT2D eigenvalue weighted by atomic mass is 35.5. The Morgan fingerprint density at radius 2 is 1.91 bits per heavy atom. The van der Waals surface area contributed by atoms with Crippen molar-refractivity contribution in [3.8, 4) is 5.75 Å². The van der Waals surface area contributed by atoms with Gasteiger partial charge in [0.05, 0.1) is 19.4 Å². The summed E-state index contributed by atoms with van der Waals surface area (Å²) in [5.74, 6) is -3.00. The molecule has 0 aliphatic heterocycles. The van der Waals surface area contributed by atoms with Gasteiger partial charge < -0.3 is 9.47 Å². The molecule has 0 atom stereocenters. The summed E-state index contributed by atoms with van der Waals surface area (Å²) in [6, 6.07) is 6.30. The molecular weight excluding hydrogens is 328 g/mol. The first-order valence-corrected chi connectivity index (χ1v) is 7.69. The third-order valence-corrected chi connectivity index (χ3v) is 3.39. The molecule has 23 heavy (non-hydrogen) atoms. The molecule has 0 heterocycles. The number of carbonyl (C=O) groups is 1. The second-order valence-corrected chi connectivity index (χ2v) is 5.18. The van der Waals surface area contributed by atoms with Crippen molar-refractivity contribution < 1.29 is 23.0 Å². The predicted octanol–water partition coefficient (Wildman–Crippen LogP) is 4.72. The lowest BCUT2D eigenvalue weighted by Crippen LogP contribution is -2.24. The van der Waals surface area contributed by atoms with Crippen molar-refractivity contribution in [2.24, 2.45) is 4.99 Å². The van der Waals surface area contributed by atoms with Gasteiger partial charge in [0, 0.05) is 12.8 Å². The number of carbonyl (C=O) groups excluding carboxylic acids is 1. The zero-order chi connectivity index (χ0) is 17.3. The van der Waals surface area contributed by atoms with E-state index in [9.17, 15) is 13.6 Å². The number of rotatable bonds is 9. The number of unbranched alkanes of at least 4 members (excludes halogenated alkanes) is 1. The Bertz CT molecular complexity index is 533. The molecule has 7 heteroatoms. The molecular formula is C16H20ClF2NO3. The number of halogens is 3. The predicted molar refractivity (Wildman–Crippen MR) is 86.0 cm³/mol. The van der Waals surface area contributed by atoms with E-state index in [4.69, 9.17) is 21.1 Å². The standard InChI is InChI=1S/C16H20ClF2NO3/c1-3-23-14(21)6-4-5-11-16(18,19)15(17)20-12-7-9-13(22-2)10-8-12/h7-10H,3-6,11H2,1-2H3. The van der Waals surface area contributed by atoms with Crippen molar-refractivity contribution >= 4 is 28.4 Å². The summed E-state index contributed by atoms with van der Waals surface area (Å²) in [6.07, 6.45) is 0.128. The van der Waals surface area contributed by atoms with Gasteiger partial charge in [0.25, 0.3) is 5.92 Å². The second-order valence-electron chi connectivity index (χ2n) is 4.82. The van der Waals surface area contributed by atoms with Gasteiger partial charge in [-0.1, -0.05) is 11.6 Å². The lowest BCUT2D eigenvalue weighted by atomic mass is 10.1. The largest absolute Gasteiger partial charge is 0.497 e. The molecule has 0 fully saturated rings. The molecule has 4 nitrogen and oxygen atoms in total. The fourth-order valence-electron chi connectivity index (χ4n) is 1.80. The van der Waals surface area contributed by atoms with Gasteiger partial charge in [0.1, 0.15) is 5.75 Å². The third-order valence-electron chi connectivity index (χ3n) is 3.03. The Morgan fingerprint density at radius 1 is 1.26 bits per heavy atom. The molecule has 0 spiro atoms. The maximum Gasteiger partial charge on any atom is 0.305 e. The number of nitrogens with zero attached hydrogens (tertiary/aromatic N) is 1. The molecule has 0 bridgehead atoms. The molecule has 0 aliphatic carbocycles. The number of benzene rings is 1. The first-order valence-electron chi connectivity index (χ1n) is 7.31. The van der Waals surface area contributed by atoms with Crippen LogP contribution in [0.4, 0.5) is 14.5 Å². The first-order chi connectivity index (χ1) is 10.9. The van der Waals surface area contributed by atoms with Crippen LogP contribution in [-0.4, -0.2) is 30.8 Å². The van der Waals surface area contributed by atoms with Crippen LogP contribution in [0.3, 0.4) is 0 Å². The molecule has 0 saturated heterocycles. The van der Waals surface area contributed by atoms with Crippen molar-refractivity contribution in [2.75, 3.05) is 13.7 Å². The van der Waals surface area contributed by atoms with Crippen LogP contribution in [0.25, 0.3) is 0 Å². The average molecular weight is 348 g/mol. The number of aliphatic imine (C=N–C) groups is 1. The Morgan fingerprint density at radius 3 is 2.48 bits per heavy atom. The van der Waals surface area contributed by atoms with Crippen molar-refractivity contribution in [1.82, 2.24) is 0 Å². The quantitative estimate of drug-likeness (QED) is 0.369.